The van der Waals surface area contributed by atoms with Crippen LogP contribution in [-0.4, -0.2) is 83.9 Å². The number of carbonyl (C=O) groups excluding carboxylic acids is 3. The van der Waals surface area contributed by atoms with Crippen molar-refractivity contribution in [2.45, 2.75) is 95.5 Å². The van der Waals surface area contributed by atoms with Gasteiger partial charge in [-0.15, -0.1) is 0 Å². The monoisotopic (exact) mass is 536 g/mol. The molecule has 39 heavy (non-hydrogen) atoms. The Kier molecular flexibility index (Phi) is 7.99. The predicted molar refractivity (Wildman–Crippen MR) is 146 cm³/mol. The summed E-state index contributed by atoms with van der Waals surface area (Å²) in [4.78, 5) is 46.6. The molecular weight excluding hydrogens is 496 g/mol. The molecule has 10 nitrogen and oxygen atoms in total. The van der Waals surface area contributed by atoms with E-state index in [0.29, 0.717) is 17.9 Å². The fourth-order valence-corrected chi connectivity index (χ4v) is 6.54. The van der Waals surface area contributed by atoms with Crippen LogP contribution in [0.4, 0.5) is 0 Å². The molecule has 1 N–H and O–H groups in total. The topological polar surface area (TPSA) is 128 Å². The molecule has 1 aromatic carbocycles. The number of nitrogens with zero attached hydrogens (tertiary/aromatic N) is 5. The van der Waals surface area contributed by atoms with E-state index in [1.165, 1.54) is 29.7 Å². The van der Waals surface area contributed by atoms with Crippen LogP contribution in [-0.2, 0) is 14.3 Å². The van der Waals surface area contributed by atoms with Crippen LogP contribution in [0.15, 0.2) is 29.4 Å². The third kappa shape index (κ3) is 5.98. The van der Waals surface area contributed by atoms with Crippen molar-refractivity contribution in [3.63, 3.8) is 0 Å². The van der Waals surface area contributed by atoms with Crippen LogP contribution in [0, 0.1) is 5.41 Å². The third-order valence-corrected chi connectivity index (χ3v) is 8.83. The molecule has 0 radical (unpaired) electrons. The Morgan fingerprint density at radius 3 is 2.44 bits per heavy atom. The zero-order valence-electron chi connectivity index (χ0n) is 23.2. The molecule has 4 atom stereocenters. The molecule has 1 aliphatic carbocycles. The number of rotatable bonds is 7. The van der Waals surface area contributed by atoms with Gasteiger partial charge in [0.05, 0.1) is 12.1 Å². The zero-order valence-corrected chi connectivity index (χ0v) is 23.2. The van der Waals surface area contributed by atoms with Crippen LogP contribution >= 0.6 is 0 Å². The highest BCUT2D eigenvalue weighted by atomic mass is 16.5. The van der Waals surface area contributed by atoms with E-state index in [9.17, 15) is 14.4 Å². The Morgan fingerprint density at radius 1 is 1.15 bits per heavy atom. The molecule has 1 saturated carbocycles. The molecule has 5 rings (SSSR count). The summed E-state index contributed by atoms with van der Waals surface area (Å²) in [6, 6.07) is 6.33. The second-order valence-electron chi connectivity index (χ2n) is 12.8. The number of ketones is 1. The van der Waals surface area contributed by atoms with Gasteiger partial charge in [0.1, 0.15) is 18.7 Å². The largest absolute Gasteiger partial charge is 0.367 e. The maximum Gasteiger partial charge on any atom is 0.251 e. The second kappa shape index (κ2) is 11.3. The molecule has 3 aliphatic heterocycles. The van der Waals surface area contributed by atoms with Crippen molar-refractivity contribution in [2.75, 3.05) is 26.2 Å². The Labute approximate surface area is 230 Å². The van der Waals surface area contributed by atoms with Gasteiger partial charge in [0, 0.05) is 23.1 Å². The minimum absolute atomic E-state index is 0.0920. The van der Waals surface area contributed by atoms with Gasteiger partial charge >= 0.3 is 0 Å². The number of nitrogens with one attached hydrogen (secondary N) is 1. The normalized spacial score (nSPS) is 27.0. The number of Topliss-reactive ketones (excluding diaryl/α,β-unsaturated/α-hetero) is 1. The third-order valence-electron chi connectivity index (χ3n) is 8.83. The first-order valence-corrected chi connectivity index (χ1v) is 14.3. The van der Waals surface area contributed by atoms with Crippen molar-refractivity contribution in [1.82, 2.24) is 15.1 Å². The van der Waals surface area contributed by atoms with Crippen LogP contribution in [0.5, 0.6) is 0 Å². The first-order valence-electron chi connectivity index (χ1n) is 14.3. The number of hydrogen-bond donors (Lipinski definition) is 1. The van der Waals surface area contributed by atoms with Crippen molar-refractivity contribution < 1.29 is 19.1 Å². The lowest BCUT2D eigenvalue weighted by Crippen LogP contribution is -2.53. The van der Waals surface area contributed by atoms with E-state index in [0.717, 1.165) is 32.0 Å². The minimum Gasteiger partial charge on any atom is -0.367 e. The fourth-order valence-electron chi connectivity index (χ4n) is 6.54. The van der Waals surface area contributed by atoms with E-state index in [1.54, 1.807) is 0 Å². The van der Waals surface area contributed by atoms with Gasteiger partial charge in [0.15, 0.2) is 5.78 Å². The van der Waals surface area contributed by atoms with Crippen molar-refractivity contribution >= 4 is 17.6 Å². The Balaban J connectivity index is 1.25. The smallest absolute Gasteiger partial charge is 0.251 e. The lowest BCUT2D eigenvalue weighted by molar-refractivity contribution is -0.138. The number of likely N-dealkylation sites (tertiary alicyclic amines) is 2. The van der Waals surface area contributed by atoms with E-state index in [2.05, 4.69) is 20.2 Å². The second-order valence-corrected chi connectivity index (χ2v) is 12.8. The number of hydrogen-bond acceptors (Lipinski definition) is 6. The molecule has 0 aromatic heterocycles. The number of carbonyl (C=O) groups is 3. The highest BCUT2D eigenvalue weighted by Crippen LogP contribution is 2.34. The Hall–Kier alpha value is -2.94. The average Bonchev–Trinajstić information content (AvgIpc) is 3.43. The number of benzene rings is 1. The molecule has 10 heteroatoms. The molecule has 0 spiro atoms. The summed E-state index contributed by atoms with van der Waals surface area (Å²) >= 11 is 0. The number of azide groups is 1. The summed E-state index contributed by atoms with van der Waals surface area (Å²) < 4.78 is 5.55. The number of piperidine rings is 1. The highest BCUT2D eigenvalue weighted by molar-refractivity contribution is 5.99. The van der Waals surface area contributed by atoms with Crippen molar-refractivity contribution in [3.05, 3.63) is 45.8 Å². The summed E-state index contributed by atoms with van der Waals surface area (Å²) in [6.45, 7) is 8.27. The fraction of sp³-hybridized carbons (Fsp3) is 0.690. The molecule has 3 saturated heterocycles. The summed E-state index contributed by atoms with van der Waals surface area (Å²) in [5.74, 6) is -0.371. The summed E-state index contributed by atoms with van der Waals surface area (Å²) in [7, 11) is 0. The summed E-state index contributed by atoms with van der Waals surface area (Å²) in [6.07, 6.45) is 6.07. The van der Waals surface area contributed by atoms with E-state index in [1.807, 2.05) is 45.0 Å². The SMILES string of the molecule is CC(C)(C)C[C@H](NC(=O)c1ccc(C2CCN(C3CCC3)CC2)cc1)C(=O)N1C[C@H](N=[N+]=[N-])[C@H]2OCC(=O)[C@H]21. The maximum absolute atomic E-state index is 13.8. The van der Waals surface area contributed by atoms with E-state index < -0.39 is 24.2 Å². The van der Waals surface area contributed by atoms with Crippen molar-refractivity contribution in [2.24, 2.45) is 10.5 Å². The molecule has 0 unspecified atom stereocenters. The van der Waals surface area contributed by atoms with Gasteiger partial charge in [0.2, 0.25) is 5.91 Å². The summed E-state index contributed by atoms with van der Waals surface area (Å²) in [5, 5.41) is 6.71. The first-order chi connectivity index (χ1) is 18.6. The standard InChI is InChI=1S/C29H40N6O4/c1-29(2,3)15-22(28(38)35-16-23(32-33-30)26-25(35)24(36)17-39-26)31-27(37)20-9-7-18(8-10-20)19-11-13-34(14-12-19)21-5-4-6-21/h7-10,19,21-23,25-26H,4-6,11-17H2,1-3H3,(H,31,37)/t22-,23-,25+,26+/m0/s1. The number of ether oxygens (including phenoxy) is 1. The van der Waals surface area contributed by atoms with Gasteiger partial charge in [-0.25, -0.2) is 0 Å². The molecule has 210 valence electrons. The van der Waals surface area contributed by atoms with Crippen molar-refractivity contribution in [1.29, 1.82) is 0 Å². The molecule has 4 aliphatic rings. The van der Waals surface area contributed by atoms with Crippen LogP contribution in [0.25, 0.3) is 10.4 Å². The number of amides is 2. The van der Waals surface area contributed by atoms with Crippen LogP contribution in [0.1, 0.15) is 81.1 Å². The first kappa shape index (κ1) is 27.6. The lowest BCUT2D eigenvalue weighted by Gasteiger charge is -2.42. The van der Waals surface area contributed by atoms with Crippen LogP contribution in [0.2, 0.25) is 0 Å². The average molecular weight is 537 g/mol. The van der Waals surface area contributed by atoms with Gasteiger partial charge in [-0.3, -0.25) is 14.4 Å². The molecule has 3 heterocycles. The molecule has 2 amide bonds. The summed E-state index contributed by atoms with van der Waals surface area (Å²) in [5.41, 5.74) is 10.5. The van der Waals surface area contributed by atoms with Crippen LogP contribution in [0.3, 0.4) is 0 Å². The van der Waals surface area contributed by atoms with Crippen LogP contribution < -0.4 is 5.32 Å². The molecule has 4 fully saturated rings. The van der Waals surface area contributed by atoms with Gasteiger partial charge in [-0.2, -0.15) is 0 Å². The quantitative estimate of drug-likeness (QED) is 0.322. The van der Waals surface area contributed by atoms with Gasteiger partial charge in [-0.05, 0) is 79.8 Å². The van der Waals surface area contributed by atoms with E-state index in [-0.39, 0.29) is 36.2 Å². The van der Waals surface area contributed by atoms with E-state index >= 15 is 0 Å². The maximum atomic E-state index is 13.8. The lowest BCUT2D eigenvalue weighted by atomic mass is 9.85. The Morgan fingerprint density at radius 2 is 1.85 bits per heavy atom. The highest BCUT2D eigenvalue weighted by Gasteiger charge is 2.53. The van der Waals surface area contributed by atoms with E-state index in [4.69, 9.17) is 10.3 Å². The van der Waals surface area contributed by atoms with Crippen molar-refractivity contribution in [3.8, 4) is 0 Å². The molecule has 0 bridgehead atoms. The van der Waals surface area contributed by atoms with Gasteiger partial charge in [-0.1, -0.05) is 44.4 Å². The van der Waals surface area contributed by atoms with Gasteiger partial charge in [0.25, 0.3) is 5.91 Å². The van der Waals surface area contributed by atoms with Gasteiger partial charge < -0.3 is 19.9 Å². The zero-order chi connectivity index (χ0) is 27.7. The predicted octanol–water partition coefficient (Wildman–Crippen LogP) is 3.81. The minimum atomic E-state index is -0.827. The Bertz CT molecular complexity index is 1130. The molecule has 1 aromatic rings. The molecular formula is C29H40N6O4. The number of fused-ring (bicyclic) bond motifs is 1.